The van der Waals surface area contributed by atoms with Crippen molar-refractivity contribution in [2.75, 3.05) is 10.6 Å². The summed E-state index contributed by atoms with van der Waals surface area (Å²) >= 11 is 5.40. The second-order valence-corrected chi connectivity index (χ2v) is 6.30. The highest BCUT2D eigenvalue weighted by Crippen LogP contribution is 2.19. The van der Waals surface area contributed by atoms with Gasteiger partial charge in [0.05, 0.1) is 0 Å². The molecule has 0 aliphatic carbocycles. The van der Waals surface area contributed by atoms with Crippen molar-refractivity contribution in [1.29, 1.82) is 0 Å². The summed E-state index contributed by atoms with van der Waals surface area (Å²) < 4.78 is 2.23. The van der Waals surface area contributed by atoms with Gasteiger partial charge in [0, 0.05) is 28.5 Å². The maximum absolute atomic E-state index is 5.40. The highest BCUT2D eigenvalue weighted by molar-refractivity contribution is 7.80. The highest BCUT2D eigenvalue weighted by atomic mass is 32.1. The summed E-state index contributed by atoms with van der Waals surface area (Å²) in [6.07, 6.45) is 0. The molecule has 3 nitrogen and oxygen atoms in total. The zero-order valence-electron chi connectivity index (χ0n) is 14.1. The molecule has 0 amide bonds. The molecule has 0 aliphatic rings. The van der Waals surface area contributed by atoms with Crippen LogP contribution in [0.1, 0.15) is 17.0 Å². The maximum Gasteiger partial charge on any atom is 0.175 e. The van der Waals surface area contributed by atoms with E-state index in [-0.39, 0.29) is 0 Å². The van der Waals surface area contributed by atoms with Crippen molar-refractivity contribution >= 4 is 28.7 Å². The molecule has 1 aromatic heterocycles. The van der Waals surface area contributed by atoms with Gasteiger partial charge < -0.3 is 15.2 Å². The fraction of sp³-hybridized carbons (Fsp3) is 0.150. The van der Waals surface area contributed by atoms with Crippen LogP contribution >= 0.6 is 12.2 Å². The number of nitrogens with one attached hydrogen (secondary N) is 2. The van der Waals surface area contributed by atoms with Gasteiger partial charge in [-0.3, -0.25) is 0 Å². The van der Waals surface area contributed by atoms with E-state index in [2.05, 4.69) is 66.3 Å². The number of hydrogen-bond acceptors (Lipinski definition) is 1. The number of hydrogen-bond donors (Lipinski definition) is 2. The number of aromatic nitrogens is 1. The standard InChI is InChI=1S/C20H21N3S/c1-14-6-4-5-7-19(14)22-20(24)21-17-10-12-18(13-11-17)23-15(2)8-9-16(23)3/h4-13H,1-3H3,(H2,21,22,24). The molecule has 0 radical (unpaired) electrons. The molecule has 0 spiro atoms. The maximum atomic E-state index is 5.40. The Labute approximate surface area is 148 Å². The summed E-state index contributed by atoms with van der Waals surface area (Å²) in [6.45, 7) is 6.28. The summed E-state index contributed by atoms with van der Waals surface area (Å²) in [6, 6.07) is 20.6. The van der Waals surface area contributed by atoms with E-state index in [1.165, 1.54) is 11.4 Å². The average Bonchev–Trinajstić information content (AvgIpc) is 2.89. The minimum Gasteiger partial charge on any atom is -0.332 e. The molecular formula is C20H21N3S. The first-order chi connectivity index (χ1) is 11.5. The number of aryl methyl sites for hydroxylation is 3. The minimum atomic E-state index is 0.588. The van der Waals surface area contributed by atoms with Crippen molar-refractivity contribution in [3.8, 4) is 5.69 Å². The molecule has 0 fully saturated rings. The van der Waals surface area contributed by atoms with Crippen LogP contribution in [-0.2, 0) is 0 Å². The van der Waals surface area contributed by atoms with Gasteiger partial charge >= 0.3 is 0 Å². The summed E-state index contributed by atoms with van der Waals surface area (Å²) in [5.41, 5.74) is 6.75. The summed E-state index contributed by atoms with van der Waals surface area (Å²) in [5.74, 6) is 0. The van der Waals surface area contributed by atoms with Crippen molar-refractivity contribution in [3.05, 3.63) is 77.6 Å². The Kier molecular flexibility index (Phi) is 4.67. The number of para-hydroxylation sites is 1. The third kappa shape index (κ3) is 3.49. The van der Waals surface area contributed by atoms with Gasteiger partial charge in [0.15, 0.2) is 5.11 Å². The lowest BCUT2D eigenvalue weighted by atomic mass is 10.2. The third-order valence-corrected chi connectivity index (χ3v) is 4.25. The van der Waals surface area contributed by atoms with Gasteiger partial charge in [-0.2, -0.15) is 0 Å². The van der Waals surface area contributed by atoms with Crippen LogP contribution < -0.4 is 10.6 Å². The lowest BCUT2D eigenvalue weighted by molar-refractivity contribution is 0.966. The summed E-state index contributed by atoms with van der Waals surface area (Å²) in [4.78, 5) is 0. The predicted molar refractivity (Wildman–Crippen MR) is 106 cm³/mol. The Hall–Kier alpha value is -2.59. The number of thiocarbonyl (C=S) groups is 1. The van der Waals surface area contributed by atoms with E-state index in [9.17, 15) is 0 Å². The molecular weight excluding hydrogens is 314 g/mol. The molecule has 1 heterocycles. The van der Waals surface area contributed by atoms with E-state index in [1.807, 2.05) is 30.3 Å². The number of benzene rings is 2. The Bertz CT molecular complexity index is 843. The van der Waals surface area contributed by atoms with E-state index < -0.39 is 0 Å². The van der Waals surface area contributed by atoms with E-state index in [4.69, 9.17) is 12.2 Å². The highest BCUT2D eigenvalue weighted by Gasteiger charge is 2.05. The molecule has 3 rings (SSSR count). The van der Waals surface area contributed by atoms with E-state index in [0.717, 1.165) is 22.6 Å². The Morgan fingerprint density at radius 3 is 2.04 bits per heavy atom. The summed E-state index contributed by atoms with van der Waals surface area (Å²) in [5, 5.41) is 7.05. The monoisotopic (exact) mass is 335 g/mol. The SMILES string of the molecule is Cc1ccccc1NC(=S)Nc1ccc(-n2c(C)ccc2C)cc1. The second kappa shape index (κ2) is 6.89. The van der Waals surface area contributed by atoms with Gasteiger partial charge in [0.2, 0.25) is 0 Å². The van der Waals surface area contributed by atoms with Crippen molar-refractivity contribution < 1.29 is 0 Å². The number of rotatable bonds is 3. The van der Waals surface area contributed by atoms with Crippen LogP contribution in [0, 0.1) is 20.8 Å². The fourth-order valence-electron chi connectivity index (χ4n) is 2.77. The van der Waals surface area contributed by atoms with Gasteiger partial charge in [-0.15, -0.1) is 0 Å². The summed E-state index contributed by atoms with van der Waals surface area (Å²) in [7, 11) is 0. The van der Waals surface area contributed by atoms with Gasteiger partial charge in [-0.25, -0.2) is 0 Å². The molecule has 122 valence electrons. The van der Waals surface area contributed by atoms with Crippen LogP contribution in [0.3, 0.4) is 0 Å². The quantitative estimate of drug-likeness (QED) is 0.644. The molecule has 2 N–H and O–H groups in total. The molecule has 0 unspecified atom stereocenters. The van der Waals surface area contributed by atoms with Gasteiger partial charge in [0.1, 0.15) is 0 Å². The second-order valence-electron chi connectivity index (χ2n) is 5.89. The first kappa shape index (κ1) is 16.3. The molecule has 2 aromatic carbocycles. The van der Waals surface area contributed by atoms with Gasteiger partial charge in [0.25, 0.3) is 0 Å². The Morgan fingerprint density at radius 1 is 0.792 bits per heavy atom. The number of anilines is 2. The first-order valence-electron chi connectivity index (χ1n) is 7.93. The van der Waals surface area contributed by atoms with Crippen molar-refractivity contribution in [2.45, 2.75) is 20.8 Å². The third-order valence-electron chi connectivity index (χ3n) is 4.05. The molecule has 4 heteroatoms. The van der Waals surface area contributed by atoms with Gasteiger partial charge in [-0.05, 0) is 81.0 Å². The molecule has 24 heavy (non-hydrogen) atoms. The van der Waals surface area contributed by atoms with Crippen LogP contribution in [0.4, 0.5) is 11.4 Å². The Balaban J connectivity index is 1.70. The molecule has 0 atom stereocenters. The van der Waals surface area contributed by atoms with Crippen LogP contribution in [0.25, 0.3) is 5.69 Å². The lowest BCUT2D eigenvalue weighted by Crippen LogP contribution is -2.19. The van der Waals surface area contributed by atoms with Crippen molar-refractivity contribution in [1.82, 2.24) is 4.57 Å². The Morgan fingerprint density at radius 2 is 1.42 bits per heavy atom. The predicted octanol–water partition coefficient (Wildman–Crippen LogP) is 5.21. The van der Waals surface area contributed by atoms with Crippen LogP contribution in [-0.4, -0.2) is 9.68 Å². The molecule has 0 bridgehead atoms. The number of nitrogens with zero attached hydrogens (tertiary/aromatic N) is 1. The van der Waals surface area contributed by atoms with Crippen molar-refractivity contribution in [2.24, 2.45) is 0 Å². The van der Waals surface area contributed by atoms with E-state index in [1.54, 1.807) is 0 Å². The topological polar surface area (TPSA) is 29.0 Å². The zero-order valence-corrected chi connectivity index (χ0v) is 14.9. The van der Waals surface area contributed by atoms with Crippen LogP contribution in [0.2, 0.25) is 0 Å². The first-order valence-corrected chi connectivity index (χ1v) is 8.34. The zero-order chi connectivity index (χ0) is 17.1. The molecule has 0 saturated heterocycles. The van der Waals surface area contributed by atoms with Gasteiger partial charge in [-0.1, -0.05) is 18.2 Å². The fourth-order valence-corrected chi connectivity index (χ4v) is 3.00. The van der Waals surface area contributed by atoms with Crippen molar-refractivity contribution in [3.63, 3.8) is 0 Å². The van der Waals surface area contributed by atoms with E-state index >= 15 is 0 Å². The van der Waals surface area contributed by atoms with Crippen LogP contribution in [0.5, 0.6) is 0 Å². The lowest BCUT2D eigenvalue weighted by Gasteiger charge is -2.14. The minimum absolute atomic E-state index is 0.588. The van der Waals surface area contributed by atoms with E-state index in [0.29, 0.717) is 5.11 Å². The normalized spacial score (nSPS) is 10.5. The molecule has 3 aromatic rings. The molecule has 0 aliphatic heterocycles. The smallest absolute Gasteiger partial charge is 0.175 e. The molecule has 0 saturated carbocycles. The average molecular weight is 335 g/mol. The largest absolute Gasteiger partial charge is 0.332 e. The van der Waals surface area contributed by atoms with Crippen LogP contribution in [0.15, 0.2) is 60.7 Å².